The van der Waals surface area contributed by atoms with Crippen LogP contribution in [0.4, 0.5) is 5.82 Å². The first-order valence-electron chi connectivity index (χ1n) is 6.94. The number of aryl methyl sites for hydroxylation is 2. The molecule has 3 aromatic rings. The van der Waals surface area contributed by atoms with Gasteiger partial charge in [-0.3, -0.25) is 0 Å². The summed E-state index contributed by atoms with van der Waals surface area (Å²) in [4.78, 5) is 8.27. The first kappa shape index (κ1) is 14.5. The Morgan fingerprint density at radius 3 is 2.73 bits per heavy atom. The highest BCUT2D eigenvalue weighted by Crippen LogP contribution is 2.31. The van der Waals surface area contributed by atoms with Crippen molar-refractivity contribution in [3.05, 3.63) is 52.4 Å². The monoisotopic (exact) mass is 355 g/mol. The van der Waals surface area contributed by atoms with Crippen LogP contribution in [0.25, 0.3) is 11.0 Å². The lowest BCUT2D eigenvalue weighted by atomic mass is 10.1. The van der Waals surface area contributed by atoms with Crippen molar-refractivity contribution in [2.45, 2.75) is 19.4 Å². The second-order valence-corrected chi connectivity index (χ2v) is 5.73. The molecule has 0 fully saturated rings. The van der Waals surface area contributed by atoms with E-state index in [1.165, 1.54) is 11.9 Å². The lowest BCUT2D eigenvalue weighted by molar-refractivity contribution is 0.647. The quantitative estimate of drug-likeness (QED) is 0.778. The minimum Gasteiger partial charge on any atom is -0.383 e. The molecule has 0 amide bonds. The predicted octanol–water partition coefficient (Wildman–Crippen LogP) is 3.28. The van der Waals surface area contributed by atoms with Crippen molar-refractivity contribution in [1.82, 2.24) is 14.5 Å². The second kappa shape index (κ2) is 6.16. The van der Waals surface area contributed by atoms with Gasteiger partial charge in [0.25, 0.3) is 0 Å². The van der Waals surface area contributed by atoms with Crippen LogP contribution in [0.5, 0.6) is 0 Å². The molecule has 6 heteroatoms. The van der Waals surface area contributed by atoms with E-state index in [2.05, 4.69) is 44.1 Å². The molecule has 5 nitrogen and oxygen atoms in total. The Morgan fingerprint density at radius 2 is 2.00 bits per heavy atom. The number of benzene rings is 1. The number of nitrogens with two attached hydrogens (primary N) is 1. The molecule has 0 aliphatic heterocycles. The van der Waals surface area contributed by atoms with Gasteiger partial charge in [0.15, 0.2) is 0 Å². The molecule has 2 aromatic heterocycles. The number of aromatic nitrogens is 3. The molecule has 0 aliphatic carbocycles. The van der Waals surface area contributed by atoms with Crippen molar-refractivity contribution in [1.29, 1.82) is 5.26 Å². The molecule has 0 spiro atoms. The fraction of sp³-hybridized carbons (Fsp3) is 0.188. The molecule has 0 atom stereocenters. The average Bonchev–Trinajstić information content (AvgIpc) is 2.82. The topological polar surface area (TPSA) is 80.5 Å². The van der Waals surface area contributed by atoms with Crippen LogP contribution in [-0.4, -0.2) is 14.5 Å². The summed E-state index contributed by atoms with van der Waals surface area (Å²) in [6.45, 7) is 0.754. The van der Waals surface area contributed by atoms with Crippen LogP contribution < -0.4 is 5.73 Å². The normalized spacial score (nSPS) is 10.7. The maximum absolute atomic E-state index is 9.35. The highest BCUT2D eigenvalue weighted by molar-refractivity contribution is 9.10. The zero-order valence-corrected chi connectivity index (χ0v) is 13.4. The highest BCUT2D eigenvalue weighted by atomic mass is 79.9. The van der Waals surface area contributed by atoms with Gasteiger partial charge in [-0.15, -0.1) is 0 Å². The third kappa shape index (κ3) is 2.55. The number of fused-ring (bicyclic) bond motifs is 1. The van der Waals surface area contributed by atoms with Gasteiger partial charge in [0.05, 0.1) is 10.9 Å². The molecule has 0 saturated heterocycles. The number of anilines is 1. The molecule has 0 unspecified atom stereocenters. The molecule has 0 aliphatic rings. The van der Waals surface area contributed by atoms with E-state index in [4.69, 9.17) is 5.73 Å². The maximum Gasteiger partial charge on any atom is 0.147 e. The number of rotatable bonds is 4. The molecule has 3 rings (SSSR count). The van der Waals surface area contributed by atoms with E-state index in [1.54, 1.807) is 0 Å². The minimum absolute atomic E-state index is 0.337. The van der Waals surface area contributed by atoms with Crippen LogP contribution in [-0.2, 0) is 13.0 Å². The van der Waals surface area contributed by atoms with Crippen LogP contribution in [0.2, 0.25) is 0 Å². The van der Waals surface area contributed by atoms with Gasteiger partial charge in [0.1, 0.15) is 28.5 Å². The van der Waals surface area contributed by atoms with Gasteiger partial charge in [-0.2, -0.15) is 5.26 Å². The summed E-state index contributed by atoms with van der Waals surface area (Å²) in [5.41, 5.74) is 8.39. The third-order valence-corrected chi connectivity index (χ3v) is 4.43. The Morgan fingerprint density at radius 1 is 1.23 bits per heavy atom. The van der Waals surface area contributed by atoms with Gasteiger partial charge in [-0.05, 0) is 34.3 Å². The minimum atomic E-state index is 0.337. The summed E-state index contributed by atoms with van der Waals surface area (Å²) >= 11 is 3.49. The van der Waals surface area contributed by atoms with Crippen molar-refractivity contribution in [2.75, 3.05) is 5.73 Å². The van der Waals surface area contributed by atoms with E-state index < -0.39 is 0 Å². The molecule has 0 bridgehead atoms. The van der Waals surface area contributed by atoms with Gasteiger partial charge in [-0.1, -0.05) is 30.3 Å². The Kier molecular flexibility index (Phi) is 4.07. The zero-order valence-electron chi connectivity index (χ0n) is 11.8. The SMILES string of the molecule is N#Cc1c(Br)n(CCCc2ccccc2)c2ncnc(N)c12. The van der Waals surface area contributed by atoms with Crippen LogP contribution in [0.1, 0.15) is 17.5 Å². The Hall–Kier alpha value is -2.39. The molecule has 2 heterocycles. The highest BCUT2D eigenvalue weighted by Gasteiger charge is 2.18. The Balaban J connectivity index is 1.90. The van der Waals surface area contributed by atoms with Crippen LogP contribution in [0.15, 0.2) is 41.3 Å². The smallest absolute Gasteiger partial charge is 0.147 e. The van der Waals surface area contributed by atoms with Crippen LogP contribution >= 0.6 is 15.9 Å². The van der Waals surface area contributed by atoms with E-state index in [1.807, 2.05) is 22.8 Å². The first-order valence-corrected chi connectivity index (χ1v) is 7.74. The molecule has 2 N–H and O–H groups in total. The van der Waals surface area contributed by atoms with Crippen molar-refractivity contribution in [2.24, 2.45) is 0 Å². The largest absolute Gasteiger partial charge is 0.383 e. The second-order valence-electron chi connectivity index (χ2n) is 4.98. The number of nitriles is 1. The van der Waals surface area contributed by atoms with Crippen molar-refractivity contribution in [3.8, 4) is 6.07 Å². The number of nitrogens with zero attached hydrogens (tertiary/aromatic N) is 4. The maximum atomic E-state index is 9.35. The standard InChI is InChI=1S/C16H14BrN5/c17-14-12(9-18)13-15(19)20-10-21-16(13)22(14)8-4-7-11-5-2-1-3-6-11/h1-3,5-6,10H,4,7-8H2,(H2,19,20,21). The average molecular weight is 356 g/mol. The van der Waals surface area contributed by atoms with E-state index in [9.17, 15) is 5.26 Å². The first-order chi connectivity index (χ1) is 10.7. The van der Waals surface area contributed by atoms with Gasteiger partial charge in [0.2, 0.25) is 0 Å². The summed E-state index contributed by atoms with van der Waals surface area (Å²) in [6.07, 6.45) is 3.34. The number of hydrogen-bond donors (Lipinski definition) is 1. The summed E-state index contributed by atoms with van der Waals surface area (Å²) in [7, 11) is 0. The molecule has 110 valence electrons. The van der Waals surface area contributed by atoms with Gasteiger partial charge in [-0.25, -0.2) is 9.97 Å². The van der Waals surface area contributed by atoms with E-state index in [0.29, 0.717) is 27.0 Å². The molecule has 22 heavy (non-hydrogen) atoms. The zero-order chi connectivity index (χ0) is 15.5. The number of halogens is 1. The van der Waals surface area contributed by atoms with Crippen molar-refractivity contribution >= 4 is 32.8 Å². The van der Waals surface area contributed by atoms with Crippen LogP contribution in [0, 0.1) is 11.3 Å². The molecular formula is C16H14BrN5. The summed E-state index contributed by atoms with van der Waals surface area (Å²) in [5, 5.41) is 9.98. The summed E-state index contributed by atoms with van der Waals surface area (Å²) in [5.74, 6) is 0.337. The molecule has 1 aromatic carbocycles. The number of hydrogen-bond acceptors (Lipinski definition) is 4. The van der Waals surface area contributed by atoms with E-state index in [-0.39, 0.29) is 0 Å². The van der Waals surface area contributed by atoms with Crippen molar-refractivity contribution < 1.29 is 0 Å². The number of nitrogen functional groups attached to an aromatic ring is 1. The lowest BCUT2D eigenvalue weighted by Crippen LogP contribution is -2.02. The van der Waals surface area contributed by atoms with Gasteiger partial charge < -0.3 is 10.3 Å². The fourth-order valence-electron chi connectivity index (χ4n) is 2.56. The summed E-state index contributed by atoms with van der Waals surface area (Å²) in [6, 6.07) is 12.5. The van der Waals surface area contributed by atoms with Crippen LogP contribution in [0.3, 0.4) is 0 Å². The lowest BCUT2D eigenvalue weighted by Gasteiger charge is -2.06. The molecular weight excluding hydrogens is 342 g/mol. The summed E-state index contributed by atoms with van der Waals surface area (Å²) < 4.78 is 2.69. The van der Waals surface area contributed by atoms with Gasteiger partial charge >= 0.3 is 0 Å². The molecule has 0 radical (unpaired) electrons. The van der Waals surface area contributed by atoms with E-state index in [0.717, 1.165) is 19.4 Å². The van der Waals surface area contributed by atoms with Gasteiger partial charge in [0, 0.05) is 6.54 Å². The third-order valence-electron chi connectivity index (χ3n) is 3.61. The Bertz CT molecular complexity index is 848. The molecule has 0 saturated carbocycles. The Labute approximate surface area is 136 Å². The van der Waals surface area contributed by atoms with E-state index >= 15 is 0 Å². The fourth-order valence-corrected chi connectivity index (χ4v) is 3.19. The predicted molar refractivity (Wildman–Crippen MR) is 89.1 cm³/mol. The van der Waals surface area contributed by atoms with Crippen molar-refractivity contribution in [3.63, 3.8) is 0 Å².